The van der Waals surface area contributed by atoms with Crippen molar-refractivity contribution in [3.05, 3.63) is 0 Å². The van der Waals surface area contributed by atoms with Crippen molar-refractivity contribution in [2.75, 3.05) is 45.9 Å². The molecule has 2 fully saturated rings. The number of nitrogens with zero attached hydrogens (tertiary/aromatic N) is 2. The minimum atomic E-state index is 0. The van der Waals surface area contributed by atoms with Crippen LogP contribution in [0.5, 0.6) is 0 Å². The molecule has 1 aliphatic carbocycles. The third-order valence-electron chi connectivity index (χ3n) is 5.12. The van der Waals surface area contributed by atoms with Crippen molar-refractivity contribution in [1.82, 2.24) is 10.2 Å². The van der Waals surface area contributed by atoms with Gasteiger partial charge in [-0.1, -0.05) is 26.2 Å². The number of hydrogen-bond donors (Lipinski definition) is 2. The minimum Gasteiger partial charge on any atom is -0.379 e. The molecule has 1 saturated carbocycles. The predicted octanol–water partition coefficient (Wildman–Crippen LogP) is 2.45. The lowest BCUT2D eigenvalue weighted by atomic mass is 9.81. The van der Waals surface area contributed by atoms with E-state index in [4.69, 9.17) is 10.5 Å². The second-order valence-electron chi connectivity index (χ2n) is 6.76. The molecule has 0 aromatic carbocycles. The second-order valence-corrected chi connectivity index (χ2v) is 6.76. The Morgan fingerprint density at radius 2 is 1.83 bits per heavy atom. The zero-order chi connectivity index (χ0) is 15.6. The number of rotatable bonds is 7. The molecule has 0 aromatic rings. The van der Waals surface area contributed by atoms with Crippen molar-refractivity contribution in [3.63, 3.8) is 0 Å². The third-order valence-corrected chi connectivity index (χ3v) is 5.12. The van der Waals surface area contributed by atoms with E-state index in [2.05, 4.69) is 22.1 Å². The van der Waals surface area contributed by atoms with Gasteiger partial charge in [-0.05, 0) is 37.6 Å². The Morgan fingerprint density at radius 1 is 1.17 bits per heavy atom. The Balaban J connectivity index is 0.00000264. The SMILES string of the molecule is CCC1CCC(CN=C(N)NCCCN2CCOCC2)CC1.I. The smallest absolute Gasteiger partial charge is 0.188 e. The van der Waals surface area contributed by atoms with E-state index < -0.39 is 0 Å². The highest BCUT2D eigenvalue weighted by Crippen LogP contribution is 2.30. The molecule has 0 bridgehead atoms. The molecule has 0 radical (unpaired) electrons. The van der Waals surface area contributed by atoms with Crippen LogP contribution in [-0.4, -0.2) is 56.8 Å². The molecule has 0 amide bonds. The molecule has 0 spiro atoms. The molecule has 0 unspecified atom stereocenters. The third kappa shape index (κ3) is 8.54. The number of hydrogen-bond acceptors (Lipinski definition) is 3. The van der Waals surface area contributed by atoms with Crippen LogP contribution in [0.3, 0.4) is 0 Å². The number of halogens is 1. The number of guanidine groups is 1. The number of nitrogens with two attached hydrogens (primary N) is 1. The molecular weight excluding hydrogens is 403 g/mol. The van der Waals surface area contributed by atoms with E-state index in [1.165, 1.54) is 32.1 Å². The molecule has 1 heterocycles. The predicted molar refractivity (Wildman–Crippen MR) is 108 cm³/mol. The van der Waals surface area contributed by atoms with Gasteiger partial charge in [0.25, 0.3) is 0 Å². The van der Waals surface area contributed by atoms with Gasteiger partial charge in [-0.25, -0.2) is 0 Å². The van der Waals surface area contributed by atoms with Gasteiger partial charge in [-0.2, -0.15) is 0 Å². The molecule has 6 heteroatoms. The highest BCUT2D eigenvalue weighted by Gasteiger charge is 2.19. The molecule has 3 N–H and O–H groups in total. The summed E-state index contributed by atoms with van der Waals surface area (Å²) >= 11 is 0. The quantitative estimate of drug-likeness (QED) is 0.278. The standard InChI is InChI=1S/C17H34N4O.HI/c1-2-15-4-6-16(7-5-15)14-20-17(18)19-8-3-9-21-10-12-22-13-11-21;/h15-16H,2-14H2,1H3,(H3,18,19,20);1H. The monoisotopic (exact) mass is 438 g/mol. The summed E-state index contributed by atoms with van der Waals surface area (Å²) in [6, 6.07) is 0. The van der Waals surface area contributed by atoms with E-state index in [1.807, 2.05) is 0 Å². The molecule has 2 rings (SSSR count). The van der Waals surface area contributed by atoms with Crippen LogP contribution in [-0.2, 0) is 4.74 Å². The first-order valence-electron chi connectivity index (χ1n) is 9.11. The van der Waals surface area contributed by atoms with Gasteiger partial charge in [0.1, 0.15) is 0 Å². The highest BCUT2D eigenvalue weighted by molar-refractivity contribution is 14.0. The number of aliphatic imine (C=N–C) groups is 1. The Hall–Kier alpha value is -0.0800. The van der Waals surface area contributed by atoms with E-state index in [9.17, 15) is 0 Å². The number of morpholine rings is 1. The van der Waals surface area contributed by atoms with Crippen LogP contribution in [0.4, 0.5) is 0 Å². The lowest BCUT2D eigenvalue weighted by molar-refractivity contribution is 0.0376. The maximum absolute atomic E-state index is 5.97. The first-order valence-corrected chi connectivity index (χ1v) is 9.11. The van der Waals surface area contributed by atoms with Gasteiger partial charge in [0, 0.05) is 26.2 Å². The van der Waals surface area contributed by atoms with E-state index in [0.29, 0.717) is 5.96 Å². The summed E-state index contributed by atoms with van der Waals surface area (Å²) in [6.07, 6.45) is 7.85. The molecule has 0 atom stereocenters. The van der Waals surface area contributed by atoms with E-state index in [1.54, 1.807) is 0 Å². The molecule has 136 valence electrons. The van der Waals surface area contributed by atoms with Crippen LogP contribution in [0.2, 0.25) is 0 Å². The summed E-state index contributed by atoms with van der Waals surface area (Å²) in [6.45, 7) is 9.10. The minimum absolute atomic E-state index is 0. The van der Waals surface area contributed by atoms with Crippen molar-refractivity contribution < 1.29 is 4.74 Å². The molecule has 23 heavy (non-hydrogen) atoms. The fraction of sp³-hybridized carbons (Fsp3) is 0.941. The number of ether oxygens (including phenoxy) is 1. The summed E-state index contributed by atoms with van der Waals surface area (Å²) in [7, 11) is 0. The van der Waals surface area contributed by atoms with Gasteiger partial charge in [0.05, 0.1) is 13.2 Å². The maximum Gasteiger partial charge on any atom is 0.188 e. The summed E-state index contributed by atoms with van der Waals surface area (Å²) in [5, 5.41) is 3.25. The molecule has 2 aliphatic rings. The fourth-order valence-corrected chi connectivity index (χ4v) is 3.45. The second kappa shape index (κ2) is 12.3. The van der Waals surface area contributed by atoms with Crippen LogP contribution in [0.25, 0.3) is 0 Å². The fourth-order valence-electron chi connectivity index (χ4n) is 3.45. The van der Waals surface area contributed by atoms with Crippen LogP contribution < -0.4 is 11.1 Å². The molecular formula is C17H35IN4O. The highest BCUT2D eigenvalue weighted by atomic mass is 127. The van der Waals surface area contributed by atoms with Crippen molar-refractivity contribution in [3.8, 4) is 0 Å². The molecule has 1 saturated heterocycles. The average Bonchev–Trinajstić information content (AvgIpc) is 2.58. The van der Waals surface area contributed by atoms with Crippen molar-refractivity contribution in [1.29, 1.82) is 0 Å². The van der Waals surface area contributed by atoms with E-state index >= 15 is 0 Å². The van der Waals surface area contributed by atoms with Crippen molar-refractivity contribution >= 4 is 29.9 Å². The normalized spacial score (nSPS) is 26.6. The molecule has 0 aromatic heterocycles. The molecule has 5 nitrogen and oxygen atoms in total. The van der Waals surface area contributed by atoms with Crippen LogP contribution in [0.15, 0.2) is 4.99 Å². The van der Waals surface area contributed by atoms with E-state index in [-0.39, 0.29) is 24.0 Å². The Kier molecular flexibility index (Phi) is 11.2. The van der Waals surface area contributed by atoms with Crippen LogP contribution in [0, 0.1) is 11.8 Å². The zero-order valence-corrected chi connectivity index (χ0v) is 17.0. The summed E-state index contributed by atoms with van der Waals surface area (Å²) in [5.74, 6) is 2.33. The first-order chi connectivity index (χ1) is 10.8. The maximum atomic E-state index is 5.97. The van der Waals surface area contributed by atoms with E-state index in [0.717, 1.165) is 64.2 Å². The number of nitrogens with one attached hydrogen (secondary N) is 1. The van der Waals surface area contributed by atoms with Crippen LogP contribution in [0.1, 0.15) is 45.4 Å². The summed E-state index contributed by atoms with van der Waals surface area (Å²) < 4.78 is 5.35. The Bertz CT molecular complexity index is 327. The van der Waals surface area contributed by atoms with Crippen molar-refractivity contribution in [2.45, 2.75) is 45.4 Å². The summed E-state index contributed by atoms with van der Waals surface area (Å²) in [4.78, 5) is 6.98. The Labute approximate surface area is 158 Å². The van der Waals surface area contributed by atoms with Crippen LogP contribution >= 0.6 is 24.0 Å². The lowest BCUT2D eigenvalue weighted by Crippen LogP contribution is -2.39. The van der Waals surface area contributed by atoms with Gasteiger partial charge >= 0.3 is 0 Å². The average molecular weight is 438 g/mol. The zero-order valence-electron chi connectivity index (χ0n) is 14.6. The van der Waals surface area contributed by atoms with Gasteiger partial charge in [0.2, 0.25) is 0 Å². The largest absolute Gasteiger partial charge is 0.379 e. The lowest BCUT2D eigenvalue weighted by Gasteiger charge is -2.27. The summed E-state index contributed by atoms with van der Waals surface area (Å²) in [5.41, 5.74) is 5.97. The topological polar surface area (TPSA) is 62.9 Å². The van der Waals surface area contributed by atoms with Crippen molar-refractivity contribution in [2.24, 2.45) is 22.6 Å². The first kappa shape index (κ1) is 21.0. The van der Waals surface area contributed by atoms with Gasteiger partial charge in [-0.15, -0.1) is 24.0 Å². The Morgan fingerprint density at radius 3 is 2.48 bits per heavy atom. The molecule has 1 aliphatic heterocycles. The van der Waals surface area contributed by atoms with Gasteiger partial charge < -0.3 is 15.8 Å². The van der Waals surface area contributed by atoms with Gasteiger partial charge in [-0.3, -0.25) is 9.89 Å². The van der Waals surface area contributed by atoms with Gasteiger partial charge in [0.15, 0.2) is 5.96 Å².